The molecule has 0 spiro atoms. The van der Waals surface area contributed by atoms with Gasteiger partial charge in [-0.2, -0.15) is 10.5 Å². The summed E-state index contributed by atoms with van der Waals surface area (Å²) >= 11 is 0. The number of nitriles is 2. The van der Waals surface area contributed by atoms with E-state index in [4.69, 9.17) is 75.8 Å². The van der Waals surface area contributed by atoms with Crippen LogP contribution in [0.3, 0.4) is 0 Å². The van der Waals surface area contributed by atoms with E-state index in [0.717, 1.165) is 70.2 Å². The summed E-state index contributed by atoms with van der Waals surface area (Å²) in [4.78, 5) is 0. The molecule has 0 saturated heterocycles. The summed E-state index contributed by atoms with van der Waals surface area (Å²) in [6.45, 7) is 7.61. The maximum Gasteiger partial charge on any atom is 0.230 e. The fourth-order valence-corrected chi connectivity index (χ4v) is 15.5. The molecule has 0 atom stereocenters. The van der Waals surface area contributed by atoms with Crippen molar-refractivity contribution in [1.82, 2.24) is 0 Å². The van der Waals surface area contributed by atoms with Crippen molar-refractivity contribution in [2.45, 2.75) is 129 Å². The predicted octanol–water partition coefficient (Wildman–Crippen LogP) is 18.8. The number of nitrogens with zero attached hydrogens (tertiary/aromatic N) is 2. The van der Waals surface area contributed by atoms with Crippen LogP contribution in [0, 0.1) is 22.7 Å². The fourth-order valence-electron chi connectivity index (χ4n) is 15.5. The van der Waals surface area contributed by atoms with Crippen LogP contribution in [-0.2, 0) is 26.4 Å². The van der Waals surface area contributed by atoms with Crippen LogP contribution in [0.5, 0.6) is 115 Å². The first-order chi connectivity index (χ1) is 48.3. The molecule has 8 aliphatic heterocycles. The molecule has 0 amide bonds. The monoisotopic (exact) mass is 1310 g/mol. The molecule has 0 radical (unpaired) electrons. The van der Waals surface area contributed by atoms with Gasteiger partial charge in [-0.3, -0.25) is 0 Å². The van der Waals surface area contributed by atoms with Crippen LogP contribution in [0.2, 0.25) is 0 Å². The standard InChI is InChI=1S/C80H68N2O16/c1-5-13-51-55-29-59-53(15-7-3)61-31-57-52(14-6-2)58-32-62-54(16-8-4)60-30-56(51)70-66-36-84-44-18-10-22-48(26-44)96-78-63(33-81)77-79-64(34-82)80(78)98-50-24-12-20-46(28-50)86-38-68(76(62)94-42-92-74(60)66)72(58)90-40-89-71(57)67(37-85-45-19-11-23-49(27-45)97-79)75(61)93-41-91-73(59)65(69(55)87-39-88-70)35-83-43-17-9-21-47(25-43)95-77/h9-12,17-32,51-54H,5-8,13-16,35-42H2,1-4H3. The van der Waals surface area contributed by atoms with Crippen molar-refractivity contribution in [3.05, 3.63) is 199 Å². The van der Waals surface area contributed by atoms with Gasteiger partial charge < -0.3 is 75.8 Å². The van der Waals surface area contributed by atoms with Gasteiger partial charge in [-0.25, -0.2) is 0 Å². The molecule has 0 fully saturated rings. The average molecular weight is 1310 g/mol. The molecular weight excluding hydrogens is 1240 g/mol. The third-order valence-electron chi connectivity index (χ3n) is 19.7. The molecule has 8 aliphatic rings. The first-order valence-electron chi connectivity index (χ1n) is 33.8. The quantitative estimate of drug-likeness (QED) is 0.139. The Morgan fingerprint density at radius 1 is 0.276 bits per heavy atom. The topological polar surface area (TPSA) is 195 Å². The Morgan fingerprint density at radius 3 is 0.673 bits per heavy atom. The SMILES string of the molecule is CCCC1c2cc3c4c5c2OCOc2c1cc1c6c2COc2cccc(c2)Oc2c(C#N)c7c(c(C#N)c2Oc2cccc(c2)OC5)Oc2cccc(c2)OCc2c5c(cc(c2OCO4)C3CCC)C(CCC)c2cc(c(c(c2OCO5)COc2cccc(c2)O7)OCO6)C1CCC. The maximum absolute atomic E-state index is 11.8. The molecule has 9 aromatic carbocycles. The Kier molecular flexibility index (Phi) is 15.5. The number of benzene rings is 9. The molecule has 0 unspecified atom stereocenters. The lowest BCUT2D eigenvalue weighted by atomic mass is 9.74. The summed E-state index contributed by atoms with van der Waals surface area (Å²) in [5.41, 5.74) is 9.55. The molecule has 0 saturated carbocycles. The number of hydrogen-bond acceptors (Lipinski definition) is 18. The summed E-state index contributed by atoms with van der Waals surface area (Å²) in [6, 6.07) is 42.2. The minimum Gasteiger partial charge on any atom is -0.488 e. The van der Waals surface area contributed by atoms with Crippen LogP contribution >= 0.6 is 0 Å². The van der Waals surface area contributed by atoms with Crippen molar-refractivity contribution < 1.29 is 75.8 Å². The van der Waals surface area contributed by atoms with Crippen LogP contribution < -0.4 is 75.8 Å². The van der Waals surface area contributed by atoms with E-state index in [-0.39, 0.29) is 134 Å². The van der Waals surface area contributed by atoms with Gasteiger partial charge in [-0.05, 0) is 98.5 Å². The molecule has 18 nitrogen and oxygen atoms in total. The van der Waals surface area contributed by atoms with E-state index < -0.39 is 0 Å². The third-order valence-corrected chi connectivity index (χ3v) is 19.7. The summed E-state index contributed by atoms with van der Waals surface area (Å²) in [7, 11) is 0. The Morgan fingerprint density at radius 2 is 0.480 bits per heavy atom. The third kappa shape index (κ3) is 10.3. The predicted molar refractivity (Wildman–Crippen MR) is 357 cm³/mol. The van der Waals surface area contributed by atoms with Gasteiger partial charge >= 0.3 is 0 Å². The van der Waals surface area contributed by atoms with Crippen molar-refractivity contribution in [3.8, 4) is 127 Å². The molecular formula is C80H68N2O16. The van der Waals surface area contributed by atoms with E-state index in [1.54, 1.807) is 72.8 Å². The smallest absolute Gasteiger partial charge is 0.230 e. The summed E-state index contributed by atoms with van der Waals surface area (Å²) in [6.07, 6.45) is 5.74. The van der Waals surface area contributed by atoms with Crippen LogP contribution in [0.15, 0.2) is 121 Å². The van der Waals surface area contributed by atoms with Crippen molar-refractivity contribution >= 4 is 0 Å². The van der Waals surface area contributed by atoms with Gasteiger partial charge in [-0.1, -0.05) is 77.6 Å². The molecule has 0 N–H and O–H groups in total. The van der Waals surface area contributed by atoms with Gasteiger partial charge in [0.15, 0.2) is 23.0 Å². The second kappa shape index (κ2) is 25.1. The van der Waals surface area contributed by atoms with Crippen molar-refractivity contribution in [2.75, 3.05) is 27.2 Å². The van der Waals surface area contributed by atoms with Gasteiger partial charge in [0.2, 0.25) is 27.2 Å². The number of hydrogen-bond donors (Lipinski definition) is 0. The summed E-state index contributed by atoms with van der Waals surface area (Å²) < 4.78 is 114. The number of rotatable bonds is 8. The van der Waals surface area contributed by atoms with Crippen LogP contribution in [0.1, 0.15) is 181 Å². The molecule has 0 aromatic heterocycles. The molecule has 17 rings (SSSR count). The minimum atomic E-state index is -0.376. The largest absolute Gasteiger partial charge is 0.488 e. The highest BCUT2D eigenvalue weighted by Crippen LogP contribution is 2.60. The van der Waals surface area contributed by atoms with Crippen LogP contribution in [0.25, 0.3) is 0 Å². The molecule has 0 aliphatic carbocycles. The van der Waals surface area contributed by atoms with Crippen molar-refractivity contribution in [1.29, 1.82) is 10.5 Å². The second-order valence-electron chi connectivity index (χ2n) is 25.5. The van der Waals surface area contributed by atoms with Crippen LogP contribution in [0.4, 0.5) is 0 Å². The summed E-state index contributed by atoms with van der Waals surface area (Å²) in [5, 5.41) is 23.6. The Labute approximate surface area is 566 Å². The lowest BCUT2D eigenvalue weighted by Crippen LogP contribution is -2.26. The van der Waals surface area contributed by atoms with E-state index in [1.165, 1.54) is 0 Å². The molecule has 9 aromatic rings. The van der Waals surface area contributed by atoms with Crippen molar-refractivity contribution in [3.63, 3.8) is 0 Å². The Hall–Kier alpha value is -11.2. The lowest BCUT2D eigenvalue weighted by molar-refractivity contribution is 0.0895. The fraction of sp³-hybridized carbons (Fsp3) is 0.300. The van der Waals surface area contributed by atoms with E-state index in [9.17, 15) is 10.5 Å². The van der Waals surface area contributed by atoms with Crippen molar-refractivity contribution in [2.24, 2.45) is 0 Å². The van der Waals surface area contributed by atoms with E-state index in [1.807, 2.05) is 24.3 Å². The highest BCUT2D eigenvalue weighted by molar-refractivity contribution is 5.76. The molecule has 8 heterocycles. The Balaban J connectivity index is 1.09. The van der Waals surface area contributed by atoms with Crippen LogP contribution in [-0.4, -0.2) is 27.2 Å². The van der Waals surface area contributed by atoms with E-state index >= 15 is 0 Å². The zero-order valence-electron chi connectivity index (χ0n) is 54.6. The van der Waals surface area contributed by atoms with Gasteiger partial charge in [0.25, 0.3) is 0 Å². The molecule has 98 heavy (non-hydrogen) atoms. The highest BCUT2D eigenvalue weighted by atomic mass is 16.7. The first kappa shape index (κ1) is 60.4. The zero-order chi connectivity index (χ0) is 66.1. The normalized spacial score (nSPS) is 18.1. The first-order valence-corrected chi connectivity index (χ1v) is 33.8. The lowest BCUT2D eigenvalue weighted by Gasteiger charge is -2.37. The van der Waals surface area contributed by atoms with Gasteiger partial charge in [0, 0.05) is 92.4 Å². The molecule has 494 valence electrons. The molecule has 18 heteroatoms. The van der Waals surface area contributed by atoms with Gasteiger partial charge in [-0.15, -0.1) is 0 Å². The average Bonchev–Trinajstić information content (AvgIpc) is 0.745. The second-order valence-corrected chi connectivity index (χ2v) is 25.5. The number of ether oxygens (including phenoxy) is 16. The van der Waals surface area contributed by atoms with E-state index in [0.29, 0.717) is 117 Å². The Bertz CT molecular complexity index is 4240. The highest BCUT2D eigenvalue weighted by Gasteiger charge is 2.43. The van der Waals surface area contributed by atoms with Gasteiger partial charge in [0.05, 0.1) is 22.3 Å². The minimum absolute atomic E-state index is 0.0705. The number of fused-ring (bicyclic) bond motifs is 12. The zero-order valence-corrected chi connectivity index (χ0v) is 54.6. The maximum atomic E-state index is 11.8. The van der Waals surface area contributed by atoms with E-state index in [2.05, 4.69) is 64.1 Å². The summed E-state index contributed by atoms with van der Waals surface area (Å²) in [5.74, 6) is 4.65. The van der Waals surface area contributed by atoms with Gasteiger partial charge in [0.1, 0.15) is 142 Å². The molecule has 20 bridgehead atoms.